The summed E-state index contributed by atoms with van der Waals surface area (Å²) in [6.07, 6.45) is 6.72. The summed E-state index contributed by atoms with van der Waals surface area (Å²) in [5, 5.41) is 6.68. The Kier molecular flexibility index (Phi) is 8.36. The normalized spacial score (nSPS) is 21.1. The van der Waals surface area contributed by atoms with E-state index in [0.717, 1.165) is 75.6 Å². The monoisotopic (exact) mass is 389 g/mol. The zero-order valence-corrected chi connectivity index (χ0v) is 17.3. The van der Waals surface area contributed by atoms with E-state index in [9.17, 15) is 0 Å². The van der Waals surface area contributed by atoms with Gasteiger partial charge in [-0.3, -0.25) is 4.99 Å². The van der Waals surface area contributed by atoms with E-state index in [2.05, 4.69) is 44.6 Å². The largest absolute Gasteiger partial charge is 0.379 e. The lowest BCUT2D eigenvalue weighted by Gasteiger charge is -2.31. The highest BCUT2D eigenvalue weighted by Gasteiger charge is 2.17. The van der Waals surface area contributed by atoms with Crippen molar-refractivity contribution in [2.24, 2.45) is 10.9 Å². The predicted molar refractivity (Wildman–Crippen MR) is 113 cm³/mol. The summed E-state index contributed by atoms with van der Waals surface area (Å²) in [7, 11) is 1.79. The van der Waals surface area contributed by atoms with Gasteiger partial charge in [-0.1, -0.05) is 13.0 Å². The molecule has 3 rings (SSSR count). The van der Waals surface area contributed by atoms with Gasteiger partial charge < -0.3 is 25.0 Å². The van der Waals surface area contributed by atoms with Crippen LogP contribution >= 0.6 is 0 Å². The van der Waals surface area contributed by atoms with Crippen molar-refractivity contribution in [3.63, 3.8) is 0 Å². The molecule has 0 aromatic carbocycles. The van der Waals surface area contributed by atoms with Crippen LogP contribution in [-0.2, 0) is 16.0 Å². The van der Waals surface area contributed by atoms with E-state index in [1.54, 1.807) is 7.05 Å². The summed E-state index contributed by atoms with van der Waals surface area (Å²) in [6.45, 7) is 8.40. The minimum Gasteiger partial charge on any atom is -0.379 e. The highest BCUT2D eigenvalue weighted by molar-refractivity contribution is 5.79. The summed E-state index contributed by atoms with van der Waals surface area (Å²) in [6, 6.07) is 4.28. The van der Waals surface area contributed by atoms with Gasteiger partial charge in [0, 0.05) is 52.6 Å². The van der Waals surface area contributed by atoms with E-state index >= 15 is 0 Å². The molecular formula is C21H35N5O2. The lowest BCUT2D eigenvalue weighted by Crippen LogP contribution is -2.37. The van der Waals surface area contributed by atoms with Crippen molar-refractivity contribution in [2.75, 3.05) is 51.4 Å². The molecule has 0 bridgehead atoms. The van der Waals surface area contributed by atoms with Gasteiger partial charge in [-0.05, 0) is 43.2 Å². The molecular weight excluding hydrogens is 354 g/mol. The Morgan fingerprint density at radius 2 is 2.14 bits per heavy atom. The van der Waals surface area contributed by atoms with Crippen LogP contribution in [0.2, 0.25) is 0 Å². The summed E-state index contributed by atoms with van der Waals surface area (Å²) in [5.41, 5.74) is 1.15. The lowest BCUT2D eigenvalue weighted by atomic mass is 9.99. The number of pyridine rings is 1. The number of nitrogens with zero attached hydrogens (tertiary/aromatic N) is 3. The van der Waals surface area contributed by atoms with Crippen LogP contribution in [-0.4, -0.2) is 63.6 Å². The third kappa shape index (κ3) is 6.63. The molecule has 1 atom stereocenters. The smallest absolute Gasteiger partial charge is 0.191 e. The molecule has 1 aromatic heterocycles. The zero-order chi connectivity index (χ0) is 19.6. The van der Waals surface area contributed by atoms with Crippen LogP contribution in [0.1, 0.15) is 38.2 Å². The van der Waals surface area contributed by atoms with Crippen LogP contribution < -0.4 is 15.5 Å². The third-order valence-electron chi connectivity index (χ3n) is 5.46. The van der Waals surface area contributed by atoms with E-state index in [0.29, 0.717) is 6.54 Å². The minimum absolute atomic E-state index is 0.279. The maximum Gasteiger partial charge on any atom is 0.191 e. The van der Waals surface area contributed by atoms with Gasteiger partial charge >= 0.3 is 0 Å². The number of nitrogens with one attached hydrogen (secondary N) is 2. The van der Waals surface area contributed by atoms with Gasteiger partial charge in [0.1, 0.15) is 5.82 Å². The van der Waals surface area contributed by atoms with Crippen LogP contribution in [0.4, 0.5) is 5.82 Å². The molecule has 7 heteroatoms. The van der Waals surface area contributed by atoms with Crippen molar-refractivity contribution in [3.05, 3.63) is 23.9 Å². The first kappa shape index (κ1) is 20.9. The van der Waals surface area contributed by atoms with Gasteiger partial charge in [0.15, 0.2) is 5.96 Å². The molecule has 7 nitrogen and oxygen atoms in total. The number of hydrogen-bond donors (Lipinski definition) is 2. The van der Waals surface area contributed by atoms with Gasteiger partial charge in [-0.2, -0.15) is 0 Å². The minimum atomic E-state index is 0.279. The van der Waals surface area contributed by atoms with Gasteiger partial charge in [-0.25, -0.2) is 4.98 Å². The molecule has 28 heavy (non-hydrogen) atoms. The molecule has 3 heterocycles. The first-order chi connectivity index (χ1) is 13.7. The highest BCUT2D eigenvalue weighted by Crippen LogP contribution is 2.21. The maximum atomic E-state index is 5.78. The molecule has 0 amide bonds. The van der Waals surface area contributed by atoms with Crippen LogP contribution in [0.15, 0.2) is 23.3 Å². The molecule has 1 aromatic rings. The standard InChI is InChI=1S/C21H35N5O2/c1-17-6-10-26(11-7-17)20-5-4-18(14-24-20)15-25-21(22-2)23-9-3-12-28-19-8-13-27-16-19/h4-5,14,17,19H,3,6-13,15-16H2,1-2H3,(H2,22,23,25). The Morgan fingerprint density at radius 1 is 1.29 bits per heavy atom. The predicted octanol–water partition coefficient (Wildman–Crippen LogP) is 2.18. The number of piperidine rings is 1. The van der Waals surface area contributed by atoms with Crippen LogP contribution in [0.25, 0.3) is 0 Å². The number of aliphatic imine (C=N–C) groups is 1. The van der Waals surface area contributed by atoms with E-state index in [1.165, 1.54) is 12.8 Å². The average molecular weight is 390 g/mol. The first-order valence-corrected chi connectivity index (χ1v) is 10.6. The van der Waals surface area contributed by atoms with Crippen molar-refractivity contribution in [1.29, 1.82) is 0 Å². The van der Waals surface area contributed by atoms with Crippen molar-refractivity contribution in [1.82, 2.24) is 15.6 Å². The zero-order valence-electron chi connectivity index (χ0n) is 17.3. The number of aromatic nitrogens is 1. The van der Waals surface area contributed by atoms with Crippen LogP contribution in [0.5, 0.6) is 0 Å². The average Bonchev–Trinajstić information content (AvgIpc) is 3.25. The van der Waals surface area contributed by atoms with E-state index in [-0.39, 0.29) is 6.10 Å². The summed E-state index contributed by atoms with van der Waals surface area (Å²) < 4.78 is 11.1. The second-order valence-corrected chi connectivity index (χ2v) is 7.76. The fourth-order valence-electron chi connectivity index (χ4n) is 3.53. The van der Waals surface area contributed by atoms with Crippen molar-refractivity contribution in [2.45, 2.75) is 45.3 Å². The van der Waals surface area contributed by atoms with E-state index in [4.69, 9.17) is 9.47 Å². The summed E-state index contributed by atoms with van der Waals surface area (Å²) in [4.78, 5) is 11.3. The van der Waals surface area contributed by atoms with E-state index in [1.807, 2.05) is 6.20 Å². The highest BCUT2D eigenvalue weighted by atomic mass is 16.5. The molecule has 0 spiro atoms. The Bertz CT molecular complexity index is 593. The Balaban J connectivity index is 1.32. The Labute approximate surface area is 168 Å². The Morgan fingerprint density at radius 3 is 2.82 bits per heavy atom. The molecule has 2 saturated heterocycles. The van der Waals surface area contributed by atoms with Gasteiger partial charge in [0.2, 0.25) is 0 Å². The summed E-state index contributed by atoms with van der Waals surface area (Å²) >= 11 is 0. The third-order valence-corrected chi connectivity index (χ3v) is 5.46. The molecule has 2 fully saturated rings. The number of guanidine groups is 1. The van der Waals surface area contributed by atoms with Crippen LogP contribution in [0.3, 0.4) is 0 Å². The second-order valence-electron chi connectivity index (χ2n) is 7.76. The maximum absolute atomic E-state index is 5.78. The molecule has 0 saturated carbocycles. The number of anilines is 1. The number of rotatable bonds is 8. The van der Waals surface area contributed by atoms with Gasteiger partial charge in [0.25, 0.3) is 0 Å². The molecule has 156 valence electrons. The molecule has 2 N–H and O–H groups in total. The summed E-state index contributed by atoms with van der Waals surface area (Å²) in [5.74, 6) is 2.73. The number of hydrogen-bond acceptors (Lipinski definition) is 5. The SMILES string of the molecule is CN=C(NCCCOC1CCOC1)NCc1ccc(N2CCC(C)CC2)nc1. The quantitative estimate of drug-likeness (QED) is 0.403. The molecule has 1 unspecified atom stereocenters. The topological polar surface area (TPSA) is 71.0 Å². The van der Waals surface area contributed by atoms with Crippen molar-refractivity contribution in [3.8, 4) is 0 Å². The fourth-order valence-corrected chi connectivity index (χ4v) is 3.53. The first-order valence-electron chi connectivity index (χ1n) is 10.6. The van der Waals surface area contributed by atoms with Gasteiger partial charge in [-0.15, -0.1) is 0 Å². The lowest BCUT2D eigenvalue weighted by molar-refractivity contribution is 0.0420. The van der Waals surface area contributed by atoms with E-state index < -0.39 is 0 Å². The number of ether oxygens (including phenoxy) is 2. The second kappa shape index (κ2) is 11.2. The fraction of sp³-hybridized carbons (Fsp3) is 0.714. The Hall–Kier alpha value is -1.86. The van der Waals surface area contributed by atoms with Crippen molar-refractivity contribution < 1.29 is 9.47 Å². The van der Waals surface area contributed by atoms with Crippen LogP contribution in [0, 0.1) is 5.92 Å². The van der Waals surface area contributed by atoms with Gasteiger partial charge in [0.05, 0.1) is 12.7 Å². The molecule has 2 aliphatic heterocycles. The molecule has 0 aliphatic carbocycles. The molecule has 0 radical (unpaired) electrons. The van der Waals surface area contributed by atoms with Crippen molar-refractivity contribution >= 4 is 11.8 Å². The molecule has 2 aliphatic rings.